The minimum Gasteiger partial charge on any atom is -0.496 e. The van der Waals surface area contributed by atoms with Crippen molar-refractivity contribution in [2.24, 2.45) is 0 Å². The molecule has 0 heterocycles. The Bertz CT molecular complexity index is 662. The second-order valence-corrected chi connectivity index (χ2v) is 5.67. The van der Waals surface area contributed by atoms with E-state index in [2.05, 4.69) is 24.3 Å². The van der Waals surface area contributed by atoms with Gasteiger partial charge in [0.05, 0.1) is 14.2 Å². The average Bonchev–Trinajstić information content (AvgIpc) is 2.64. The predicted octanol–water partition coefficient (Wildman–Crippen LogP) is 3.19. The number of ether oxygens (including phenoxy) is 2. The number of esters is 1. The number of carbonyl (C=O) groups is 1. The van der Waals surface area contributed by atoms with Gasteiger partial charge in [0, 0.05) is 6.61 Å². The maximum atomic E-state index is 11.7. The van der Waals surface area contributed by atoms with Crippen molar-refractivity contribution in [3.8, 4) is 5.75 Å². The van der Waals surface area contributed by atoms with Crippen molar-refractivity contribution in [3.63, 3.8) is 0 Å². The van der Waals surface area contributed by atoms with E-state index < -0.39 is 5.97 Å². The highest BCUT2D eigenvalue weighted by molar-refractivity contribution is 5.92. The summed E-state index contributed by atoms with van der Waals surface area (Å²) in [4.78, 5) is 11.7. The smallest absolute Gasteiger partial charge is 0.341 e. The molecule has 0 radical (unpaired) electrons. The van der Waals surface area contributed by atoms with Crippen LogP contribution in [0.2, 0.25) is 0 Å². The van der Waals surface area contributed by atoms with E-state index in [1.165, 1.54) is 18.2 Å². The highest BCUT2D eigenvalue weighted by atomic mass is 16.5. The van der Waals surface area contributed by atoms with Crippen LogP contribution in [0.25, 0.3) is 0 Å². The van der Waals surface area contributed by atoms with E-state index in [4.69, 9.17) is 14.6 Å². The second kappa shape index (κ2) is 9.08. The third kappa shape index (κ3) is 4.83. The summed E-state index contributed by atoms with van der Waals surface area (Å²) in [6.07, 6.45) is 3.49. The van der Waals surface area contributed by atoms with Crippen molar-refractivity contribution < 1.29 is 19.4 Å². The van der Waals surface area contributed by atoms with Crippen LogP contribution in [0.3, 0.4) is 0 Å². The van der Waals surface area contributed by atoms with Crippen LogP contribution >= 0.6 is 0 Å². The van der Waals surface area contributed by atoms with Gasteiger partial charge in [0.1, 0.15) is 11.3 Å². The van der Waals surface area contributed by atoms with E-state index in [9.17, 15) is 4.79 Å². The molecule has 2 aromatic carbocycles. The summed E-state index contributed by atoms with van der Waals surface area (Å²) in [6, 6.07) is 14.1. The maximum Gasteiger partial charge on any atom is 0.341 e. The molecule has 0 aliphatic rings. The summed E-state index contributed by atoms with van der Waals surface area (Å²) >= 11 is 0. The van der Waals surface area contributed by atoms with E-state index in [-0.39, 0.29) is 6.61 Å². The molecule has 0 spiro atoms. The number of methoxy groups -OCH3 is 2. The average molecular weight is 328 g/mol. The number of hydrogen-bond acceptors (Lipinski definition) is 4. The lowest BCUT2D eigenvalue weighted by Crippen LogP contribution is -2.04. The lowest BCUT2D eigenvalue weighted by molar-refractivity contribution is 0.0597. The minimum atomic E-state index is -0.392. The molecular weight excluding hydrogens is 304 g/mol. The lowest BCUT2D eigenvalue weighted by atomic mass is 10.0. The molecule has 0 saturated heterocycles. The van der Waals surface area contributed by atoms with Gasteiger partial charge in [-0.15, -0.1) is 0 Å². The summed E-state index contributed by atoms with van der Waals surface area (Å²) in [5.41, 5.74) is 4.07. The van der Waals surface area contributed by atoms with E-state index in [1.807, 2.05) is 12.1 Å². The number of carbonyl (C=O) groups excluding carboxylic acids is 1. The van der Waals surface area contributed by atoms with Gasteiger partial charge in [-0.25, -0.2) is 4.79 Å². The summed E-state index contributed by atoms with van der Waals surface area (Å²) in [5.74, 6) is 0.149. The SMILES string of the molecule is COC(=O)c1ccc(CCc2ccc(CCCO)cc2)cc1OC. The maximum absolute atomic E-state index is 11.7. The fraction of sp³-hybridized carbons (Fsp3) is 0.350. The molecule has 1 N–H and O–H groups in total. The van der Waals surface area contributed by atoms with Gasteiger partial charge < -0.3 is 14.6 Å². The van der Waals surface area contributed by atoms with Gasteiger partial charge in [-0.05, 0) is 54.5 Å². The molecule has 0 atom stereocenters. The van der Waals surface area contributed by atoms with Crippen LogP contribution in [0.15, 0.2) is 42.5 Å². The van der Waals surface area contributed by atoms with Crippen molar-refractivity contribution in [3.05, 3.63) is 64.7 Å². The zero-order valence-corrected chi connectivity index (χ0v) is 14.2. The Kier molecular flexibility index (Phi) is 6.82. The Morgan fingerprint density at radius 3 is 2.08 bits per heavy atom. The number of aryl methyl sites for hydroxylation is 3. The third-order valence-corrected chi connectivity index (χ3v) is 4.02. The first kappa shape index (κ1) is 18.0. The molecule has 128 valence electrons. The van der Waals surface area contributed by atoms with Gasteiger partial charge >= 0.3 is 5.97 Å². The molecule has 0 aromatic heterocycles. The van der Waals surface area contributed by atoms with E-state index >= 15 is 0 Å². The monoisotopic (exact) mass is 328 g/mol. The molecule has 0 aliphatic carbocycles. The van der Waals surface area contributed by atoms with Crippen LogP contribution in [0.4, 0.5) is 0 Å². The highest BCUT2D eigenvalue weighted by Gasteiger charge is 2.13. The number of hydrogen-bond donors (Lipinski definition) is 1. The zero-order valence-electron chi connectivity index (χ0n) is 14.2. The number of rotatable bonds is 8. The molecule has 0 bridgehead atoms. The normalized spacial score (nSPS) is 10.5. The van der Waals surface area contributed by atoms with Crippen molar-refractivity contribution in [1.29, 1.82) is 0 Å². The molecule has 24 heavy (non-hydrogen) atoms. The fourth-order valence-electron chi connectivity index (χ4n) is 2.61. The van der Waals surface area contributed by atoms with E-state index in [0.29, 0.717) is 11.3 Å². The fourth-order valence-corrected chi connectivity index (χ4v) is 2.61. The molecular formula is C20H24O4. The van der Waals surface area contributed by atoms with E-state index in [1.54, 1.807) is 13.2 Å². The van der Waals surface area contributed by atoms with Crippen LogP contribution in [-0.4, -0.2) is 31.9 Å². The second-order valence-electron chi connectivity index (χ2n) is 5.67. The first-order valence-corrected chi connectivity index (χ1v) is 8.12. The van der Waals surface area contributed by atoms with Crippen molar-refractivity contribution in [2.45, 2.75) is 25.7 Å². The molecule has 2 aromatic rings. The largest absolute Gasteiger partial charge is 0.496 e. The molecule has 0 saturated carbocycles. The topological polar surface area (TPSA) is 55.8 Å². The standard InChI is InChI=1S/C20H24O4/c1-23-19-14-17(11-12-18(19)20(22)24-2)10-9-16-7-5-15(6-8-16)4-3-13-21/h5-8,11-12,14,21H,3-4,9-10,13H2,1-2H3. The Balaban J connectivity index is 2.00. The predicted molar refractivity (Wildman–Crippen MR) is 93.6 cm³/mol. The molecule has 4 heteroatoms. The Labute approximate surface area is 143 Å². The van der Waals surface area contributed by atoms with Gasteiger partial charge in [0.25, 0.3) is 0 Å². The molecule has 0 aliphatic heterocycles. The van der Waals surface area contributed by atoms with Crippen molar-refractivity contribution >= 4 is 5.97 Å². The van der Waals surface area contributed by atoms with Crippen LogP contribution in [0.1, 0.15) is 33.5 Å². The van der Waals surface area contributed by atoms with Crippen LogP contribution in [0, 0.1) is 0 Å². The number of benzene rings is 2. The van der Waals surface area contributed by atoms with Gasteiger partial charge in [-0.3, -0.25) is 0 Å². The third-order valence-electron chi connectivity index (χ3n) is 4.02. The Morgan fingerprint density at radius 1 is 0.917 bits per heavy atom. The van der Waals surface area contributed by atoms with E-state index in [0.717, 1.165) is 31.2 Å². The molecule has 4 nitrogen and oxygen atoms in total. The lowest BCUT2D eigenvalue weighted by Gasteiger charge is -2.09. The molecule has 0 fully saturated rings. The van der Waals surface area contributed by atoms with Crippen molar-refractivity contribution in [1.82, 2.24) is 0 Å². The zero-order chi connectivity index (χ0) is 17.4. The highest BCUT2D eigenvalue weighted by Crippen LogP contribution is 2.22. The van der Waals surface area contributed by atoms with Gasteiger partial charge in [-0.2, -0.15) is 0 Å². The molecule has 0 amide bonds. The summed E-state index contributed by atoms with van der Waals surface area (Å²) in [5, 5.41) is 8.87. The number of aliphatic hydroxyl groups is 1. The first-order chi connectivity index (χ1) is 11.7. The Hall–Kier alpha value is -2.33. The van der Waals surface area contributed by atoms with Crippen LogP contribution < -0.4 is 4.74 Å². The summed E-state index contributed by atoms with van der Waals surface area (Å²) in [7, 11) is 2.91. The van der Waals surface area contributed by atoms with Crippen LogP contribution in [0.5, 0.6) is 5.75 Å². The first-order valence-electron chi connectivity index (χ1n) is 8.12. The summed E-state index contributed by atoms with van der Waals surface area (Å²) < 4.78 is 10.0. The molecule has 0 unspecified atom stereocenters. The van der Waals surface area contributed by atoms with Gasteiger partial charge in [0.15, 0.2) is 0 Å². The summed E-state index contributed by atoms with van der Waals surface area (Å²) in [6.45, 7) is 0.227. The van der Waals surface area contributed by atoms with Crippen molar-refractivity contribution in [2.75, 3.05) is 20.8 Å². The quantitative estimate of drug-likeness (QED) is 0.756. The minimum absolute atomic E-state index is 0.227. The number of aliphatic hydroxyl groups excluding tert-OH is 1. The Morgan fingerprint density at radius 2 is 1.50 bits per heavy atom. The van der Waals surface area contributed by atoms with Crippen LogP contribution in [-0.2, 0) is 24.0 Å². The van der Waals surface area contributed by atoms with Gasteiger partial charge in [-0.1, -0.05) is 30.3 Å². The molecule has 2 rings (SSSR count). The van der Waals surface area contributed by atoms with Gasteiger partial charge in [0.2, 0.25) is 0 Å².